The van der Waals surface area contributed by atoms with E-state index in [-0.39, 0.29) is 0 Å². The van der Waals surface area contributed by atoms with Crippen LogP contribution in [0.3, 0.4) is 0 Å². The van der Waals surface area contributed by atoms with Crippen molar-refractivity contribution in [2.24, 2.45) is 0 Å². The zero-order valence-electron chi connectivity index (χ0n) is 15.8. The Morgan fingerprint density at radius 2 is 1.42 bits per heavy atom. The molecule has 142 valence electrons. The molecule has 1 aliphatic heterocycles. The Bertz CT molecular complexity index is 392. The summed E-state index contributed by atoms with van der Waals surface area (Å²) in [6.45, 7) is 10.7. The first kappa shape index (κ1) is 21.5. The largest absolute Gasteiger partial charge is 0.478 e. The maximum atomic E-state index is 13.1. The minimum absolute atomic E-state index is 0.390. The predicted octanol–water partition coefficient (Wildman–Crippen LogP) is 4.94. The fourth-order valence-corrected chi connectivity index (χ4v) is 3.65. The first-order chi connectivity index (χ1) is 11.6. The summed E-state index contributed by atoms with van der Waals surface area (Å²) in [7, 11) is -3.57. The zero-order valence-corrected chi connectivity index (χ0v) is 16.7. The van der Waals surface area contributed by atoms with Crippen molar-refractivity contribution in [3.63, 3.8) is 0 Å². The summed E-state index contributed by atoms with van der Waals surface area (Å²) in [5.41, 5.74) is 0. The van der Waals surface area contributed by atoms with E-state index in [1.54, 1.807) is 0 Å². The van der Waals surface area contributed by atoms with Gasteiger partial charge in [0.1, 0.15) is 0 Å². The van der Waals surface area contributed by atoms with Crippen LogP contribution in [0.15, 0.2) is 12.4 Å². The van der Waals surface area contributed by atoms with Gasteiger partial charge in [-0.2, -0.15) is 0 Å². The molecule has 7 heteroatoms. The van der Waals surface area contributed by atoms with Crippen LogP contribution in [-0.4, -0.2) is 42.5 Å². The van der Waals surface area contributed by atoms with Gasteiger partial charge in [-0.3, -0.25) is 9.05 Å². The Morgan fingerprint density at radius 1 is 0.875 bits per heavy atom. The van der Waals surface area contributed by atoms with Crippen LogP contribution in [0, 0.1) is 0 Å². The summed E-state index contributed by atoms with van der Waals surface area (Å²) >= 11 is 0. The topological polar surface area (TPSA) is 51.2 Å². The van der Waals surface area contributed by atoms with Gasteiger partial charge in [-0.05, 0) is 26.2 Å². The molecule has 1 aliphatic rings. The van der Waals surface area contributed by atoms with Crippen LogP contribution >= 0.6 is 7.82 Å². The lowest BCUT2D eigenvalue weighted by Gasteiger charge is -2.33. The molecule has 0 aliphatic carbocycles. The van der Waals surface area contributed by atoms with E-state index in [0.29, 0.717) is 13.2 Å². The lowest BCUT2D eigenvalue weighted by atomic mass is 10.3. The molecular formula is C17H35N2O4P. The molecule has 0 bridgehead atoms. The first-order valence-corrected chi connectivity index (χ1v) is 10.8. The van der Waals surface area contributed by atoms with Crippen LogP contribution in [-0.2, 0) is 18.1 Å². The molecule has 1 rings (SSSR count). The van der Waals surface area contributed by atoms with Crippen LogP contribution in [0.5, 0.6) is 0 Å². The summed E-state index contributed by atoms with van der Waals surface area (Å²) in [4.78, 5) is 4.07. The highest BCUT2D eigenvalue weighted by Gasteiger charge is 2.36. The van der Waals surface area contributed by atoms with E-state index in [2.05, 4.69) is 25.7 Å². The Morgan fingerprint density at radius 3 is 1.92 bits per heavy atom. The van der Waals surface area contributed by atoms with Crippen molar-refractivity contribution >= 4 is 7.82 Å². The molecule has 1 heterocycles. The maximum Gasteiger partial charge on any atom is 0.478 e. The highest BCUT2D eigenvalue weighted by Crippen LogP contribution is 2.52. The molecule has 0 saturated carbocycles. The van der Waals surface area contributed by atoms with Crippen LogP contribution in [0.1, 0.15) is 66.2 Å². The zero-order chi connectivity index (χ0) is 17.8. The van der Waals surface area contributed by atoms with Crippen molar-refractivity contribution in [3.05, 3.63) is 12.4 Å². The summed E-state index contributed by atoms with van der Waals surface area (Å²) in [6.07, 6.45) is 9.33. The van der Waals surface area contributed by atoms with Gasteiger partial charge in [-0.15, -0.1) is 0 Å². The number of phosphoric ester groups is 1. The van der Waals surface area contributed by atoms with E-state index in [0.717, 1.165) is 51.6 Å². The van der Waals surface area contributed by atoms with E-state index in [1.807, 2.05) is 24.2 Å². The lowest BCUT2D eigenvalue weighted by molar-refractivity contribution is -0.0536. The van der Waals surface area contributed by atoms with Crippen LogP contribution in [0.25, 0.3) is 0 Å². The molecule has 1 atom stereocenters. The number of phosphoric acid groups is 1. The molecule has 6 nitrogen and oxygen atoms in total. The van der Waals surface area contributed by atoms with Gasteiger partial charge >= 0.3 is 7.82 Å². The Hall–Kier alpha value is -0.550. The average molecular weight is 362 g/mol. The molecule has 1 unspecified atom stereocenters. The standard InChI is InChI=1S/C17H35N2O4P/c1-5-9-12-19-14-13-18(8-4)17(19)23-24(20,21-15-10-6-2)22-16-11-7-3/h13-14,17H,5-12,15-16H2,1-4H3. The van der Waals surface area contributed by atoms with E-state index < -0.39 is 14.2 Å². The molecule has 0 amide bonds. The summed E-state index contributed by atoms with van der Waals surface area (Å²) in [5, 5.41) is 0. The fraction of sp³-hybridized carbons (Fsp3) is 0.882. The molecule has 24 heavy (non-hydrogen) atoms. The number of nitrogens with zero attached hydrogens (tertiary/aromatic N) is 2. The van der Waals surface area contributed by atoms with Crippen molar-refractivity contribution in [1.82, 2.24) is 9.80 Å². The van der Waals surface area contributed by atoms with Crippen LogP contribution < -0.4 is 0 Å². The maximum absolute atomic E-state index is 13.1. The van der Waals surface area contributed by atoms with Gasteiger partial charge in [0.15, 0.2) is 0 Å². The Balaban J connectivity index is 2.73. The molecule has 0 fully saturated rings. The van der Waals surface area contributed by atoms with Gasteiger partial charge < -0.3 is 9.80 Å². The molecule has 0 spiro atoms. The third-order valence-corrected chi connectivity index (χ3v) is 5.31. The number of hydrogen-bond acceptors (Lipinski definition) is 6. The van der Waals surface area contributed by atoms with Gasteiger partial charge in [0.25, 0.3) is 0 Å². The molecule has 0 aromatic heterocycles. The van der Waals surface area contributed by atoms with Crippen molar-refractivity contribution < 1.29 is 18.1 Å². The monoisotopic (exact) mass is 362 g/mol. The number of rotatable bonds is 14. The second kappa shape index (κ2) is 11.9. The summed E-state index contributed by atoms with van der Waals surface area (Å²) < 4.78 is 30.1. The van der Waals surface area contributed by atoms with E-state index >= 15 is 0 Å². The predicted molar refractivity (Wildman–Crippen MR) is 97.3 cm³/mol. The van der Waals surface area contributed by atoms with Crippen molar-refractivity contribution in [3.8, 4) is 0 Å². The van der Waals surface area contributed by atoms with Gasteiger partial charge in [-0.1, -0.05) is 40.0 Å². The number of hydrogen-bond donors (Lipinski definition) is 0. The molecule has 0 radical (unpaired) electrons. The molecule has 0 aromatic carbocycles. The highest BCUT2D eigenvalue weighted by molar-refractivity contribution is 7.48. The minimum atomic E-state index is -3.57. The van der Waals surface area contributed by atoms with Crippen molar-refractivity contribution in [1.29, 1.82) is 0 Å². The highest BCUT2D eigenvalue weighted by atomic mass is 31.2. The Labute approximate surface area is 147 Å². The van der Waals surface area contributed by atoms with Crippen LogP contribution in [0.2, 0.25) is 0 Å². The quantitative estimate of drug-likeness (QED) is 0.322. The van der Waals surface area contributed by atoms with E-state index in [4.69, 9.17) is 13.6 Å². The molecule has 0 aromatic rings. The van der Waals surface area contributed by atoms with Crippen LogP contribution in [0.4, 0.5) is 0 Å². The lowest BCUT2D eigenvalue weighted by Crippen LogP contribution is -2.40. The Kier molecular flexibility index (Phi) is 10.7. The molecule has 0 saturated heterocycles. The normalized spacial score (nSPS) is 17.9. The van der Waals surface area contributed by atoms with E-state index in [9.17, 15) is 4.57 Å². The van der Waals surface area contributed by atoms with Gasteiger partial charge in [0, 0.05) is 25.5 Å². The first-order valence-electron chi connectivity index (χ1n) is 9.37. The third-order valence-electron chi connectivity index (χ3n) is 3.87. The SMILES string of the molecule is CCCCOP(=O)(OCCCC)OC1N(CC)C=CN1CCCC. The number of unbranched alkanes of at least 4 members (excludes halogenated alkanes) is 3. The van der Waals surface area contributed by atoms with Gasteiger partial charge in [0.2, 0.25) is 6.35 Å². The van der Waals surface area contributed by atoms with Gasteiger partial charge in [0.05, 0.1) is 13.2 Å². The van der Waals surface area contributed by atoms with E-state index in [1.165, 1.54) is 0 Å². The average Bonchev–Trinajstić information content (AvgIpc) is 2.95. The summed E-state index contributed by atoms with van der Waals surface area (Å²) in [5.74, 6) is 0. The van der Waals surface area contributed by atoms with Gasteiger partial charge in [-0.25, -0.2) is 9.09 Å². The van der Waals surface area contributed by atoms with Crippen molar-refractivity contribution in [2.75, 3.05) is 26.3 Å². The second-order valence-corrected chi connectivity index (χ2v) is 7.59. The smallest absolute Gasteiger partial charge is 0.334 e. The molecular weight excluding hydrogens is 327 g/mol. The third kappa shape index (κ3) is 7.14. The van der Waals surface area contributed by atoms with Crippen molar-refractivity contribution in [2.45, 2.75) is 72.6 Å². The summed E-state index contributed by atoms with van der Waals surface area (Å²) in [6, 6.07) is 0. The fourth-order valence-electron chi connectivity index (χ4n) is 2.27. The second-order valence-electron chi connectivity index (χ2n) is 5.97. The molecule has 0 N–H and O–H groups in total. The minimum Gasteiger partial charge on any atom is -0.334 e.